The number of carboxylic acids is 1. The highest BCUT2D eigenvalue weighted by Crippen LogP contribution is 2.42. The van der Waals surface area contributed by atoms with Gasteiger partial charge in [0.05, 0.1) is 5.56 Å². The van der Waals surface area contributed by atoms with Crippen molar-refractivity contribution in [1.82, 2.24) is 10.2 Å². The number of rotatable bonds is 4. The van der Waals surface area contributed by atoms with Crippen molar-refractivity contribution in [1.29, 1.82) is 0 Å². The van der Waals surface area contributed by atoms with Crippen LogP contribution in [0, 0.1) is 5.82 Å². The predicted molar refractivity (Wildman–Crippen MR) is 78.1 cm³/mol. The SMILES string of the molecule is C[C@@H]1CN(Cc2cc(F)c(C(=O)O)cc2C2CC2)CCN1. The van der Waals surface area contributed by atoms with Crippen molar-refractivity contribution in [3.8, 4) is 0 Å². The molecular formula is C16H21FN2O2. The molecule has 3 rings (SSSR count). The summed E-state index contributed by atoms with van der Waals surface area (Å²) in [5.74, 6) is -1.39. The predicted octanol–water partition coefficient (Wildman–Crippen LogP) is 2.20. The summed E-state index contributed by atoms with van der Waals surface area (Å²) in [6.45, 7) is 5.66. The first-order chi connectivity index (χ1) is 10.0. The summed E-state index contributed by atoms with van der Waals surface area (Å²) in [5, 5.41) is 12.5. The second kappa shape index (κ2) is 5.73. The Morgan fingerprint density at radius 2 is 2.24 bits per heavy atom. The number of piperazine rings is 1. The van der Waals surface area contributed by atoms with Crippen LogP contribution >= 0.6 is 0 Å². The molecule has 21 heavy (non-hydrogen) atoms. The summed E-state index contributed by atoms with van der Waals surface area (Å²) in [5.41, 5.74) is 1.78. The summed E-state index contributed by atoms with van der Waals surface area (Å²) in [6.07, 6.45) is 2.16. The molecule has 1 saturated carbocycles. The molecule has 0 radical (unpaired) electrons. The minimum Gasteiger partial charge on any atom is -0.478 e. The number of halogens is 1. The molecular weight excluding hydrogens is 271 g/mol. The van der Waals surface area contributed by atoms with Gasteiger partial charge in [0, 0.05) is 32.2 Å². The molecule has 0 spiro atoms. The van der Waals surface area contributed by atoms with Crippen molar-refractivity contribution in [3.05, 3.63) is 34.6 Å². The van der Waals surface area contributed by atoms with Gasteiger partial charge >= 0.3 is 5.97 Å². The molecule has 0 bridgehead atoms. The molecule has 1 aromatic carbocycles. The largest absolute Gasteiger partial charge is 0.478 e. The zero-order valence-electron chi connectivity index (χ0n) is 12.2. The lowest BCUT2D eigenvalue weighted by molar-refractivity contribution is 0.0691. The maximum atomic E-state index is 14.0. The Bertz CT molecular complexity index is 557. The third-order valence-corrected chi connectivity index (χ3v) is 4.32. The molecule has 0 unspecified atom stereocenters. The molecule has 114 valence electrons. The third kappa shape index (κ3) is 3.24. The molecule has 1 saturated heterocycles. The van der Waals surface area contributed by atoms with Gasteiger partial charge in [-0.05, 0) is 48.9 Å². The highest BCUT2D eigenvalue weighted by molar-refractivity contribution is 5.88. The molecule has 1 atom stereocenters. The van der Waals surface area contributed by atoms with Crippen LogP contribution in [0.1, 0.15) is 47.2 Å². The first-order valence-electron chi connectivity index (χ1n) is 7.56. The molecule has 0 aromatic heterocycles. The number of carboxylic acid groups (broad SMARTS) is 1. The number of nitrogens with one attached hydrogen (secondary N) is 1. The normalized spacial score (nSPS) is 23.2. The van der Waals surface area contributed by atoms with Gasteiger partial charge in [0.2, 0.25) is 0 Å². The van der Waals surface area contributed by atoms with Crippen LogP contribution < -0.4 is 5.32 Å². The van der Waals surface area contributed by atoms with Gasteiger partial charge in [-0.1, -0.05) is 0 Å². The van der Waals surface area contributed by atoms with Crippen LogP contribution in [0.5, 0.6) is 0 Å². The average molecular weight is 292 g/mol. The Balaban J connectivity index is 1.86. The summed E-state index contributed by atoms with van der Waals surface area (Å²) in [7, 11) is 0. The fraction of sp³-hybridized carbons (Fsp3) is 0.562. The molecule has 4 nitrogen and oxygen atoms in total. The maximum absolute atomic E-state index is 14.0. The summed E-state index contributed by atoms with van der Waals surface area (Å²) < 4.78 is 14.0. The van der Waals surface area contributed by atoms with Gasteiger partial charge in [-0.25, -0.2) is 9.18 Å². The van der Waals surface area contributed by atoms with E-state index in [1.54, 1.807) is 6.07 Å². The number of aromatic carboxylic acids is 1. The first-order valence-corrected chi connectivity index (χ1v) is 7.56. The van der Waals surface area contributed by atoms with Gasteiger partial charge in [0.25, 0.3) is 0 Å². The van der Waals surface area contributed by atoms with Crippen molar-refractivity contribution in [3.63, 3.8) is 0 Å². The van der Waals surface area contributed by atoms with Gasteiger partial charge < -0.3 is 10.4 Å². The number of carbonyl (C=O) groups is 1. The lowest BCUT2D eigenvalue weighted by Gasteiger charge is -2.32. The van der Waals surface area contributed by atoms with Crippen molar-refractivity contribution in [2.45, 2.75) is 38.3 Å². The minimum absolute atomic E-state index is 0.200. The van der Waals surface area contributed by atoms with Crippen LogP contribution in [-0.2, 0) is 6.54 Å². The zero-order chi connectivity index (χ0) is 15.0. The Labute approximate surface area is 124 Å². The van der Waals surface area contributed by atoms with E-state index in [4.69, 9.17) is 5.11 Å². The summed E-state index contributed by atoms with van der Waals surface area (Å²) in [4.78, 5) is 13.4. The first kappa shape index (κ1) is 14.5. The van der Waals surface area contributed by atoms with E-state index >= 15 is 0 Å². The van der Waals surface area contributed by atoms with Crippen LogP contribution in [0.15, 0.2) is 12.1 Å². The number of nitrogens with zero attached hydrogens (tertiary/aromatic N) is 1. The molecule has 0 amide bonds. The van der Waals surface area contributed by atoms with Gasteiger partial charge in [-0.2, -0.15) is 0 Å². The Morgan fingerprint density at radius 1 is 1.48 bits per heavy atom. The van der Waals surface area contributed by atoms with E-state index in [1.165, 1.54) is 6.07 Å². The van der Waals surface area contributed by atoms with E-state index in [9.17, 15) is 9.18 Å². The van der Waals surface area contributed by atoms with E-state index in [2.05, 4.69) is 17.1 Å². The van der Waals surface area contributed by atoms with Gasteiger partial charge in [0.1, 0.15) is 5.82 Å². The smallest absolute Gasteiger partial charge is 0.338 e. The summed E-state index contributed by atoms with van der Waals surface area (Å²) in [6, 6.07) is 3.42. The molecule has 2 N–H and O–H groups in total. The maximum Gasteiger partial charge on any atom is 0.338 e. The standard InChI is InChI=1S/C16H21FN2O2/c1-10-8-19(5-4-18-10)9-12-6-15(17)14(16(20)21)7-13(12)11-2-3-11/h6-7,10-11,18H,2-5,8-9H2,1H3,(H,20,21)/t10-/m1/s1. The zero-order valence-corrected chi connectivity index (χ0v) is 12.2. The fourth-order valence-electron chi connectivity index (χ4n) is 3.10. The lowest BCUT2D eigenvalue weighted by atomic mass is 9.98. The Hall–Kier alpha value is -1.46. The van der Waals surface area contributed by atoms with Crippen molar-refractivity contribution in [2.75, 3.05) is 19.6 Å². The van der Waals surface area contributed by atoms with Crippen molar-refractivity contribution >= 4 is 5.97 Å². The molecule has 5 heteroatoms. The van der Waals surface area contributed by atoms with E-state index in [1.807, 2.05) is 0 Å². The lowest BCUT2D eigenvalue weighted by Crippen LogP contribution is -2.48. The van der Waals surface area contributed by atoms with Crippen molar-refractivity contribution < 1.29 is 14.3 Å². The number of hydrogen-bond acceptors (Lipinski definition) is 3. The van der Waals surface area contributed by atoms with Crippen LogP contribution in [0.3, 0.4) is 0 Å². The van der Waals surface area contributed by atoms with Gasteiger partial charge in [-0.3, -0.25) is 4.90 Å². The molecule has 2 fully saturated rings. The van der Waals surface area contributed by atoms with E-state index in [-0.39, 0.29) is 5.56 Å². The van der Waals surface area contributed by atoms with Crippen LogP contribution in [0.4, 0.5) is 4.39 Å². The Kier molecular flexibility index (Phi) is 3.95. The quantitative estimate of drug-likeness (QED) is 0.893. The topological polar surface area (TPSA) is 52.6 Å². The summed E-state index contributed by atoms with van der Waals surface area (Å²) >= 11 is 0. The molecule has 1 heterocycles. The highest BCUT2D eigenvalue weighted by Gasteiger charge is 2.29. The second-order valence-corrected chi connectivity index (χ2v) is 6.20. The van der Waals surface area contributed by atoms with Crippen molar-refractivity contribution in [2.24, 2.45) is 0 Å². The van der Waals surface area contributed by atoms with Crippen LogP contribution in [-0.4, -0.2) is 41.7 Å². The van der Waals surface area contributed by atoms with Crippen LogP contribution in [0.2, 0.25) is 0 Å². The van der Waals surface area contributed by atoms with Crippen LogP contribution in [0.25, 0.3) is 0 Å². The molecule has 1 aromatic rings. The number of hydrogen-bond donors (Lipinski definition) is 2. The monoisotopic (exact) mass is 292 g/mol. The van der Waals surface area contributed by atoms with Gasteiger partial charge in [0.15, 0.2) is 0 Å². The number of benzene rings is 1. The van der Waals surface area contributed by atoms with Gasteiger partial charge in [-0.15, -0.1) is 0 Å². The average Bonchev–Trinajstić information content (AvgIpc) is 3.23. The van der Waals surface area contributed by atoms with E-state index in [0.29, 0.717) is 18.5 Å². The van der Waals surface area contributed by atoms with E-state index in [0.717, 1.165) is 43.6 Å². The highest BCUT2D eigenvalue weighted by atomic mass is 19.1. The molecule has 1 aliphatic carbocycles. The Morgan fingerprint density at radius 3 is 2.86 bits per heavy atom. The molecule has 2 aliphatic rings. The fourth-order valence-corrected chi connectivity index (χ4v) is 3.10. The van der Waals surface area contributed by atoms with E-state index < -0.39 is 11.8 Å². The second-order valence-electron chi connectivity index (χ2n) is 6.20. The molecule has 1 aliphatic heterocycles. The minimum atomic E-state index is -1.18. The third-order valence-electron chi connectivity index (χ3n) is 4.32.